The molecule has 1 saturated heterocycles. The number of imidazole rings is 2. The number of aryl methyl sites for hydroxylation is 4. The SMILES string of the molecule is C1CCOC1.CCOC(=O)c1cn(-c2ccc(Br)cc2-c2nc(C)oc2-c2ccc3c(c2)OC(F)(F)O3)c(C)n1.Cc1nc(-c2cc(Br)ccc2-n2cc(C(C)(C)O)nc2C)c(-c2ccc3c(c2)OC(F)(F)O3)o1. The number of hydrogen-bond acceptors (Lipinski definition) is 14. The summed E-state index contributed by atoms with van der Waals surface area (Å²) in [5.41, 5.74) is 4.34. The standard InChI is InChI=1S/C24H18BrF2N3O5.C24H20BrF2N3O4.C4H8O/c1-4-32-23(31)17-11-30(12(2)28-17)18-7-6-15(25)10-16(18)21-22(33-13(3)29-21)14-5-8-19-20(9-14)35-24(26,27)34-19;1-12-28-20(23(3,4)31)11-30(12)17-7-6-15(25)10-16(17)21-22(32-13(2)29-21)14-5-8-18-19(9-14)34-24(26,27)33-18;1-2-4-5-3-1/h5-11H,4H2,1-3H3;5-11,31H,1-4H3;1-4H2. The molecular weight excluding hydrogens is 1100 g/mol. The molecule has 7 heterocycles. The fourth-order valence-corrected chi connectivity index (χ4v) is 8.87. The first-order valence-electron chi connectivity index (χ1n) is 23.0. The van der Waals surface area contributed by atoms with E-state index in [2.05, 4.69) is 70.7 Å². The van der Waals surface area contributed by atoms with Gasteiger partial charge >= 0.3 is 18.6 Å². The van der Waals surface area contributed by atoms with Gasteiger partial charge in [-0.3, -0.25) is 0 Å². The third kappa shape index (κ3) is 11.1. The predicted molar refractivity (Wildman–Crippen MR) is 267 cm³/mol. The fraction of sp³-hybridized carbons (Fsp3) is 0.288. The predicted octanol–water partition coefficient (Wildman–Crippen LogP) is 13.0. The summed E-state index contributed by atoms with van der Waals surface area (Å²) in [5.74, 6) is 1.91. The summed E-state index contributed by atoms with van der Waals surface area (Å²) < 4.78 is 99.3. The van der Waals surface area contributed by atoms with E-state index in [1.165, 1.54) is 37.1 Å². The Morgan fingerprint density at radius 3 is 1.55 bits per heavy atom. The van der Waals surface area contributed by atoms with Crippen molar-refractivity contribution in [2.45, 2.75) is 79.5 Å². The normalized spacial score (nSPS) is 14.8. The maximum Gasteiger partial charge on any atom is 0.586 e. The third-order valence-corrected chi connectivity index (χ3v) is 12.4. The molecular formula is C52H46Br2F4N6O10. The number of hydrogen-bond donors (Lipinski definition) is 1. The molecule has 11 rings (SSSR count). The van der Waals surface area contributed by atoms with E-state index < -0.39 is 24.2 Å². The molecule has 0 aliphatic carbocycles. The zero-order valence-corrected chi connectivity index (χ0v) is 43.9. The number of aliphatic hydroxyl groups is 1. The highest BCUT2D eigenvalue weighted by Crippen LogP contribution is 2.47. The van der Waals surface area contributed by atoms with Crippen LogP contribution in [0.5, 0.6) is 23.0 Å². The molecule has 3 aliphatic heterocycles. The highest BCUT2D eigenvalue weighted by molar-refractivity contribution is 9.10. The smallest absolute Gasteiger partial charge is 0.461 e. The number of alkyl halides is 4. The maximum atomic E-state index is 13.5. The van der Waals surface area contributed by atoms with Crippen LogP contribution in [0.1, 0.15) is 73.2 Å². The molecule has 0 unspecified atom stereocenters. The average molecular weight is 1150 g/mol. The summed E-state index contributed by atoms with van der Waals surface area (Å²) in [5, 5.41) is 10.4. The van der Waals surface area contributed by atoms with Crippen LogP contribution in [0.2, 0.25) is 0 Å². The summed E-state index contributed by atoms with van der Waals surface area (Å²) in [6.07, 6.45) is -1.52. The van der Waals surface area contributed by atoms with Crippen LogP contribution in [0.4, 0.5) is 17.6 Å². The Hall–Kier alpha value is -7.01. The molecule has 0 radical (unpaired) electrons. The van der Waals surface area contributed by atoms with Gasteiger partial charge in [-0.15, -0.1) is 17.6 Å². The fourth-order valence-electron chi connectivity index (χ4n) is 8.15. The molecule has 4 aromatic carbocycles. The lowest BCUT2D eigenvalue weighted by molar-refractivity contribution is -0.287. The largest absolute Gasteiger partial charge is 0.586 e. The van der Waals surface area contributed by atoms with Crippen LogP contribution in [-0.2, 0) is 15.1 Å². The summed E-state index contributed by atoms with van der Waals surface area (Å²) in [6, 6.07) is 20.1. The first kappa shape index (κ1) is 51.9. The number of ether oxygens (including phenoxy) is 6. The Labute approximate surface area is 437 Å². The molecule has 0 amide bonds. The maximum absolute atomic E-state index is 13.5. The van der Waals surface area contributed by atoms with Crippen molar-refractivity contribution in [3.63, 3.8) is 0 Å². The molecule has 8 aromatic rings. The van der Waals surface area contributed by atoms with Gasteiger partial charge in [0.05, 0.1) is 23.7 Å². The van der Waals surface area contributed by atoms with E-state index >= 15 is 0 Å². The van der Waals surface area contributed by atoms with Crippen LogP contribution in [0.15, 0.2) is 103 Å². The number of fused-ring (bicyclic) bond motifs is 2. The van der Waals surface area contributed by atoms with Crippen molar-refractivity contribution in [2.24, 2.45) is 0 Å². The van der Waals surface area contributed by atoms with E-state index in [0.29, 0.717) is 80.0 Å². The molecule has 1 N–H and O–H groups in total. The van der Waals surface area contributed by atoms with Crippen molar-refractivity contribution < 1.29 is 64.7 Å². The molecule has 0 saturated carbocycles. The van der Waals surface area contributed by atoms with Gasteiger partial charge in [0.25, 0.3) is 0 Å². The Morgan fingerprint density at radius 2 is 1.12 bits per heavy atom. The molecule has 74 heavy (non-hydrogen) atoms. The van der Waals surface area contributed by atoms with E-state index in [-0.39, 0.29) is 35.3 Å². The number of esters is 1. The Bertz CT molecular complexity index is 3410. The summed E-state index contributed by atoms with van der Waals surface area (Å²) in [6.45, 7) is 14.3. The molecule has 386 valence electrons. The van der Waals surface area contributed by atoms with E-state index in [9.17, 15) is 27.5 Å². The van der Waals surface area contributed by atoms with Gasteiger partial charge < -0.3 is 51.5 Å². The Kier molecular flexibility index (Phi) is 14.3. The van der Waals surface area contributed by atoms with Crippen molar-refractivity contribution >= 4 is 37.8 Å². The number of carbonyl (C=O) groups is 1. The second-order valence-electron chi connectivity index (χ2n) is 17.5. The molecule has 0 bridgehead atoms. The molecule has 0 spiro atoms. The van der Waals surface area contributed by atoms with Gasteiger partial charge in [0.15, 0.2) is 52.0 Å². The average Bonchev–Trinajstić information content (AvgIpc) is 4.21. The number of rotatable bonds is 9. The summed E-state index contributed by atoms with van der Waals surface area (Å²) in [4.78, 5) is 30.2. The van der Waals surface area contributed by atoms with Gasteiger partial charge in [-0.1, -0.05) is 31.9 Å². The minimum Gasteiger partial charge on any atom is -0.461 e. The van der Waals surface area contributed by atoms with Crippen molar-refractivity contribution in [1.82, 2.24) is 29.1 Å². The molecule has 1 fully saturated rings. The first-order chi connectivity index (χ1) is 35.1. The zero-order chi connectivity index (χ0) is 52.9. The monoisotopic (exact) mass is 1150 g/mol. The van der Waals surface area contributed by atoms with Gasteiger partial charge in [0, 0.05) is 70.7 Å². The van der Waals surface area contributed by atoms with Crippen LogP contribution in [0, 0.1) is 27.7 Å². The minimum absolute atomic E-state index is 0.0529. The van der Waals surface area contributed by atoms with Crippen molar-refractivity contribution in [3.8, 4) is 79.5 Å². The van der Waals surface area contributed by atoms with Gasteiger partial charge in [0.1, 0.15) is 28.6 Å². The molecule has 16 nitrogen and oxygen atoms in total. The zero-order valence-electron chi connectivity index (χ0n) is 40.7. The molecule has 0 atom stereocenters. The van der Waals surface area contributed by atoms with E-state index in [1.54, 1.807) is 70.6 Å². The molecule has 3 aliphatic rings. The van der Waals surface area contributed by atoms with Crippen LogP contribution in [-0.4, -0.2) is 72.6 Å². The highest BCUT2D eigenvalue weighted by Gasteiger charge is 2.45. The highest BCUT2D eigenvalue weighted by atomic mass is 79.9. The van der Waals surface area contributed by atoms with E-state index in [0.717, 1.165) is 27.8 Å². The third-order valence-electron chi connectivity index (χ3n) is 11.4. The van der Waals surface area contributed by atoms with Gasteiger partial charge in [-0.2, -0.15) is 0 Å². The van der Waals surface area contributed by atoms with E-state index in [4.69, 9.17) is 18.3 Å². The lowest BCUT2D eigenvalue weighted by atomic mass is 10.0. The lowest BCUT2D eigenvalue weighted by Crippen LogP contribution is -2.25. The lowest BCUT2D eigenvalue weighted by Gasteiger charge is -2.14. The number of carbonyl (C=O) groups excluding carboxylic acids is 1. The molecule has 22 heteroatoms. The quantitative estimate of drug-likeness (QED) is 0.106. The topological polar surface area (TPSA) is 180 Å². The Morgan fingerprint density at radius 1 is 0.662 bits per heavy atom. The van der Waals surface area contributed by atoms with Crippen LogP contribution < -0.4 is 18.9 Å². The number of oxazole rings is 2. The second kappa shape index (κ2) is 20.4. The van der Waals surface area contributed by atoms with Gasteiger partial charge in [-0.05, 0) is 120 Å². The number of benzene rings is 4. The van der Waals surface area contributed by atoms with Crippen LogP contribution in [0.25, 0.3) is 56.5 Å². The van der Waals surface area contributed by atoms with Crippen LogP contribution in [0.3, 0.4) is 0 Å². The summed E-state index contributed by atoms with van der Waals surface area (Å²) >= 11 is 7.02. The summed E-state index contributed by atoms with van der Waals surface area (Å²) in [7, 11) is 0. The van der Waals surface area contributed by atoms with Gasteiger partial charge in [-0.25, -0.2) is 24.7 Å². The number of halogens is 6. The minimum atomic E-state index is -3.73. The van der Waals surface area contributed by atoms with Crippen LogP contribution >= 0.6 is 31.9 Å². The first-order valence-corrected chi connectivity index (χ1v) is 24.6. The van der Waals surface area contributed by atoms with Crippen molar-refractivity contribution in [2.75, 3.05) is 19.8 Å². The number of nitrogens with zero attached hydrogens (tertiary/aromatic N) is 6. The van der Waals surface area contributed by atoms with Gasteiger partial charge in [0.2, 0.25) is 0 Å². The Balaban J connectivity index is 0.000000166. The molecule has 4 aromatic heterocycles. The second-order valence-corrected chi connectivity index (χ2v) is 19.3. The van der Waals surface area contributed by atoms with Crippen molar-refractivity contribution in [1.29, 1.82) is 0 Å². The van der Waals surface area contributed by atoms with E-state index in [1.807, 2.05) is 47.9 Å². The number of aromatic nitrogens is 6. The van der Waals surface area contributed by atoms with Crippen molar-refractivity contribution in [3.05, 3.63) is 129 Å².